The van der Waals surface area contributed by atoms with Crippen molar-refractivity contribution < 1.29 is 0 Å². The smallest absolute Gasteiger partial charge is 0.0992 e. The van der Waals surface area contributed by atoms with E-state index in [1.807, 2.05) is 12.1 Å². The van der Waals surface area contributed by atoms with E-state index in [1.54, 1.807) is 6.07 Å². The first-order valence-corrected chi connectivity index (χ1v) is 6.69. The molecule has 0 aliphatic rings. The molecule has 0 N–H and O–H groups in total. The van der Waals surface area contributed by atoms with Gasteiger partial charge in [0.25, 0.3) is 0 Å². The van der Waals surface area contributed by atoms with Crippen LogP contribution in [0, 0.1) is 28.6 Å². The molecule has 0 spiro atoms. The van der Waals surface area contributed by atoms with Crippen molar-refractivity contribution in [2.24, 2.45) is 5.92 Å². The van der Waals surface area contributed by atoms with E-state index in [2.05, 4.69) is 46.8 Å². The van der Waals surface area contributed by atoms with Gasteiger partial charge in [0.1, 0.15) is 0 Å². The lowest BCUT2D eigenvalue weighted by atomic mass is 10.1. The van der Waals surface area contributed by atoms with Crippen LogP contribution in [-0.2, 0) is 0 Å². The molecule has 0 aromatic heterocycles. The summed E-state index contributed by atoms with van der Waals surface area (Å²) in [5, 5.41) is 17.6. The molecular weight excluding hydrogens is 290 g/mol. The van der Waals surface area contributed by atoms with E-state index in [0.29, 0.717) is 24.4 Å². The van der Waals surface area contributed by atoms with Crippen molar-refractivity contribution in [3.8, 4) is 12.1 Å². The molecule has 0 atom stereocenters. The summed E-state index contributed by atoms with van der Waals surface area (Å²) >= 11 is 3.49. The summed E-state index contributed by atoms with van der Waals surface area (Å²) in [5.74, 6) is 0.520. The Hall–Kier alpha value is -1.52. The Bertz CT molecular complexity index is 483. The summed E-state index contributed by atoms with van der Waals surface area (Å²) in [7, 11) is 0. The number of nitrogens with zero attached hydrogens (tertiary/aromatic N) is 3. The predicted octanol–water partition coefficient (Wildman–Crippen LogP) is 3.70. The van der Waals surface area contributed by atoms with Gasteiger partial charge in [-0.2, -0.15) is 10.5 Å². The largest absolute Gasteiger partial charge is 0.369 e. The quantitative estimate of drug-likeness (QED) is 0.833. The predicted molar refractivity (Wildman–Crippen MR) is 76.1 cm³/mol. The number of rotatable bonds is 5. The van der Waals surface area contributed by atoms with Gasteiger partial charge in [0.2, 0.25) is 0 Å². The van der Waals surface area contributed by atoms with Gasteiger partial charge in [-0.15, -0.1) is 0 Å². The van der Waals surface area contributed by atoms with Crippen LogP contribution in [0.2, 0.25) is 0 Å². The third-order valence-electron chi connectivity index (χ3n) is 2.50. The molecule has 18 heavy (non-hydrogen) atoms. The molecule has 0 fully saturated rings. The first-order chi connectivity index (χ1) is 8.58. The van der Waals surface area contributed by atoms with E-state index < -0.39 is 0 Å². The van der Waals surface area contributed by atoms with Crippen LogP contribution in [0.15, 0.2) is 22.7 Å². The molecule has 1 aromatic rings. The zero-order chi connectivity index (χ0) is 13.5. The second kappa shape index (κ2) is 7.03. The minimum absolute atomic E-state index is 0.499. The van der Waals surface area contributed by atoms with Crippen LogP contribution >= 0.6 is 15.9 Å². The van der Waals surface area contributed by atoms with Crippen molar-refractivity contribution in [3.05, 3.63) is 28.2 Å². The molecule has 1 rings (SSSR count). The van der Waals surface area contributed by atoms with Crippen LogP contribution < -0.4 is 4.90 Å². The monoisotopic (exact) mass is 305 g/mol. The van der Waals surface area contributed by atoms with E-state index >= 15 is 0 Å². The number of benzene rings is 1. The molecular formula is C14H16BrN3. The van der Waals surface area contributed by atoms with Gasteiger partial charge in [0.15, 0.2) is 0 Å². The van der Waals surface area contributed by atoms with Crippen LogP contribution in [0.4, 0.5) is 5.69 Å². The highest BCUT2D eigenvalue weighted by Gasteiger charge is 2.12. The molecule has 3 nitrogen and oxygen atoms in total. The van der Waals surface area contributed by atoms with Crippen LogP contribution in [0.25, 0.3) is 0 Å². The lowest BCUT2D eigenvalue weighted by molar-refractivity contribution is 0.611. The summed E-state index contributed by atoms with van der Waals surface area (Å²) in [6.45, 7) is 5.90. The molecule has 0 amide bonds. The van der Waals surface area contributed by atoms with Crippen molar-refractivity contribution in [1.29, 1.82) is 10.5 Å². The fourth-order valence-corrected chi connectivity index (χ4v) is 2.40. The highest BCUT2D eigenvalue weighted by atomic mass is 79.9. The molecule has 1 aromatic carbocycles. The lowest BCUT2D eigenvalue weighted by Gasteiger charge is -2.27. The minimum atomic E-state index is 0.499. The van der Waals surface area contributed by atoms with Crippen molar-refractivity contribution in [2.45, 2.75) is 20.3 Å². The van der Waals surface area contributed by atoms with E-state index in [0.717, 1.165) is 16.7 Å². The molecule has 0 heterocycles. The normalized spacial score (nSPS) is 9.89. The molecule has 0 bridgehead atoms. The average molecular weight is 306 g/mol. The summed E-state index contributed by atoms with van der Waals surface area (Å²) < 4.78 is 0.903. The zero-order valence-electron chi connectivity index (χ0n) is 10.7. The average Bonchev–Trinajstić information content (AvgIpc) is 2.34. The van der Waals surface area contributed by atoms with Gasteiger partial charge >= 0.3 is 0 Å². The van der Waals surface area contributed by atoms with Gasteiger partial charge in [-0.25, -0.2) is 0 Å². The first-order valence-electron chi connectivity index (χ1n) is 5.90. The Morgan fingerprint density at radius 2 is 2.06 bits per heavy atom. The molecule has 4 heteroatoms. The van der Waals surface area contributed by atoms with E-state index in [-0.39, 0.29) is 0 Å². The molecule has 0 aliphatic carbocycles. The minimum Gasteiger partial charge on any atom is -0.369 e. The van der Waals surface area contributed by atoms with Gasteiger partial charge in [0.05, 0.1) is 29.8 Å². The number of hydrogen-bond donors (Lipinski definition) is 0. The Kier molecular flexibility index (Phi) is 5.68. The molecule has 0 radical (unpaired) electrons. The molecule has 0 aliphatic heterocycles. The van der Waals surface area contributed by atoms with Crippen molar-refractivity contribution in [2.75, 3.05) is 18.0 Å². The maximum atomic E-state index is 8.85. The van der Waals surface area contributed by atoms with Gasteiger partial charge in [-0.1, -0.05) is 13.8 Å². The summed E-state index contributed by atoms with van der Waals surface area (Å²) in [4.78, 5) is 2.18. The number of hydrogen-bond acceptors (Lipinski definition) is 3. The van der Waals surface area contributed by atoms with E-state index in [4.69, 9.17) is 10.5 Å². The first kappa shape index (κ1) is 14.5. The third-order valence-corrected chi connectivity index (χ3v) is 3.13. The van der Waals surface area contributed by atoms with Crippen LogP contribution in [-0.4, -0.2) is 13.1 Å². The van der Waals surface area contributed by atoms with Crippen LogP contribution in [0.1, 0.15) is 25.8 Å². The zero-order valence-corrected chi connectivity index (χ0v) is 12.2. The lowest BCUT2D eigenvalue weighted by Crippen LogP contribution is -2.28. The van der Waals surface area contributed by atoms with E-state index in [9.17, 15) is 0 Å². The summed E-state index contributed by atoms with van der Waals surface area (Å²) in [6, 6.07) is 9.84. The summed E-state index contributed by atoms with van der Waals surface area (Å²) in [5.41, 5.74) is 1.67. The Balaban J connectivity index is 2.98. The Morgan fingerprint density at radius 3 is 2.56 bits per heavy atom. The van der Waals surface area contributed by atoms with Gasteiger partial charge in [-0.3, -0.25) is 0 Å². The fourth-order valence-electron chi connectivity index (χ4n) is 1.77. The van der Waals surface area contributed by atoms with Gasteiger partial charge in [-0.05, 0) is 40.0 Å². The highest BCUT2D eigenvalue weighted by molar-refractivity contribution is 9.10. The maximum absolute atomic E-state index is 8.85. The second-order valence-electron chi connectivity index (χ2n) is 4.53. The Labute approximate surface area is 117 Å². The van der Waals surface area contributed by atoms with Gasteiger partial charge in [0, 0.05) is 17.6 Å². The van der Waals surface area contributed by atoms with Crippen LogP contribution in [0.5, 0.6) is 0 Å². The second-order valence-corrected chi connectivity index (χ2v) is 5.38. The molecule has 0 unspecified atom stereocenters. The number of anilines is 1. The number of halogens is 1. The van der Waals surface area contributed by atoms with Crippen LogP contribution in [0.3, 0.4) is 0 Å². The van der Waals surface area contributed by atoms with Gasteiger partial charge < -0.3 is 4.90 Å². The SMILES string of the molecule is CC(C)CN(CCC#N)c1ccc(C#N)cc1Br. The fraction of sp³-hybridized carbons (Fsp3) is 0.429. The summed E-state index contributed by atoms with van der Waals surface area (Å²) in [6.07, 6.45) is 0.499. The molecule has 0 saturated carbocycles. The molecule has 0 saturated heterocycles. The van der Waals surface area contributed by atoms with E-state index in [1.165, 1.54) is 0 Å². The maximum Gasteiger partial charge on any atom is 0.0992 e. The third kappa shape index (κ3) is 4.05. The van der Waals surface area contributed by atoms with Crippen molar-refractivity contribution in [1.82, 2.24) is 0 Å². The Morgan fingerprint density at radius 1 is 1.33 bits per heavy atom. The van der Waals surface area contributed by atoms with Crippen molar-refractivity contribution >= 4 is 21.6 Å². The van der Waals surface area contributed by atoms with Crippen molar-refractivity contribution in [3.63, 3.8) is 0 Å². The highest BCUT2D eigenvalue weighted by Crippen LogP contribution is 2.28. The number of nitriles is 2. The standard InChI is InChI=1S/C14H16BrN3/c1-11(2)10-18(7-3-6-16)14-5-4-12(9-17)8-13(14)15/h4-5,8,11H,3,7,10H2,1-2H3. The molecule has 94 valence electrons. The topological polar surface area (TPSA) is 50.8 Å².